The molecule has 0 aliphatic carbocycles. The van der Waals surface area contributed by atoms with Crippen LogP contribution in [0.25, 0.3) is 11.3 Å². The Morgan fingerprint density at radius 1 is 1.17 bits per heavy atom. The summed E-state index contributed by atoms with van der Waals surface area (Å²) in [6.45, 7) is 6.33. The third-order valence-corrected chi connectivity index (χ3v) is 6.56. The summed E-state index contributed by atoms with van der Waals surface area (Å²) >= 11 is 6.38. The van der Waals surface area contributed by atoms with Crippen molar-refractivity contribution in [3.63, 3.8) is 0 Å². The molecule has 0 fully saturated rings. The molecule has 35 heavy (non-hydrogen) atoms. The smallest absolute Gasteiger partial charge is 0.273 e. The summed E-state index contributed by atoms with van der Waals surface area (Å²) in [5, 5.41) is 18.6. The van der Waals surface area contributed by atoms with E-state index in [1.165, 1.54) is 0 Å². The summed E-state index contributed by atoms with van der Waals surface area (Å²) in [7, 11) is 0. The number of benzene rings is 3. The Balaban J connectivity index is 1.63. The van der Waals surface area contributed by atoms with E-state index in [0.29, 0.717) is 46.4 Å². The number of carbonyl (C=O) groups is 1. The fraction of sp³-hybridized carbons (Fsp3) is 0.143. The van der Waals surface area contributed by atoms with Crippen molar-refractivity contribution in [2.75, 3.05) is 6.61 Å². The van der Waals surface area contributed by atoms with Gasteiger partial charge in [0.15, 0.2) is 0 Å². The van der Waals surface area contributed by atoms with Crippen molar-refractivity contribution in [1.82, 2.24) is 15.1 Å². The van der Waals surface area contributed by atoms with Crippen LogP contribution in [0.4, 0.5) is 0 Å². The topological polar surface area (TPSA) is 78.5 Å². The number of nitrogens with zero attached hydrogens (tertiary/aromatic N) is 2. The summed E-state index contributed by atoms with van der Waals surface area (Å²) in [5.41, 5.74) is 4.76. The van der Waals surface area contributed by atoms with Crippen LogP contribution < -0.4 is 4.74 Å². The van der Waals surface area contributed by atoms with E-state index in [4.69, 9.17) is 16.3 Å². The number of aromatic nitrogens is 2. The van der Waals surface area contributed by atoms with Crippen LogP contribution in [0.15, 0.2) is 79.4 Å². The third-order valence-electron chi connectivity index (χ3n) is 6.16. The Labute approximate surface area is 208 Å². The highest BCUT2D eigenvalue weighted by Crippen LogP contribution is 2.46. The van der Waals surface area contributed by atoms with Gasteiger partial charge in [-0.2, -0.15) is 5.10 Å². The molecule has 176 valence electrons. The number of phenolic OH excluding ortho intramolecular Hbond substituents is 1. The van der Waals surface area contributed by atoms with Gasteiger partial charge in [0.1, 0.15) is 29.5 Å². The zero-order valence-electron chi connectivity index (χ0n) is 19.2. The van der Waals surface area contributed by atoms with E-state index in [-0.39, 0.29) is 11.7 Å². The lowest BCUT2D eigenvalue weighted by Gasteiger charge is -2.27. The molecule has 7 heteroatoms. The first kappa shape index (κ1) is 22.7. The maximum Gasteiger partial charge on any atom is 0.273 e. The summed E-state index contributed by atoms with van der Waals surface area (Å²) in [4.78, 5) is 15.4. The molecule has 6 nitrogen and oxygen atoms in total. The normalized spacial score (nSPS) is 14.7. The van der Waals surface area contributed by atoms with Crippen LogP contribution in [0, 0.1) is 6.92 Å². The van der Waals surface area contributed by atoms with Crippen molar-refractivity contribution in [2.45, 2.75) is 19.5 Å². The number of aromatic amines is 1. The molecule has 1 unspecified atom stereocenters. The lowest BCUT2D eigenvalue weighted by Crippen LogP contribution is -2.29. The number of H-pyrrole nitrogens is 1. The molecule has 1 aliphatic rings. The number of halogens is 1. The molecular formula is C28H24ClN3O3. The molecule has 2 heterocycles. The SMILES string of the molecule is C=CCOc1ccc(C2c3c(-c4cc(Cl)c(C)cc4O)n[nH]c3C(=O)N2Cc2ccccc2)cc1. The Hall–Kier alpha value is -4.03. The van der Waals surface area contributed by atoms with Gasteiger partial charge in [-0.15, -0.1) is 0 Å². The van der Waals surface area contributed by atoms with Crippen molar-refractivity contribution >= 4 is 17.5 Å². The Morgan fingerprint density at radius 3 is 2.63 bits per heavy atom. The molecular weight excluding hydrogens is 462 g/mol. The number of rotatable bonds is 7. The lowest BCUT2D eigenvalue weighted by atomic mass is 9.95. The monoisotopic (exact) mass is 485 g/mol. The number of phenols is 1. The van der Waals surface area contributed by atoms with E-state index in [1.807, 2.05) is 66.4 Å². The van der Waals surface area contributed by atoms with Crippen molar-refractivity contribution in [2.24, 2.45) is 0 Å². The molecule has 0 spiro atoms. The summed E-state index contributed by atoms with van der Waals surface area (Å²) in [6.07, 6.45) is 1.69. The minimum atomic E-state index is -0.417. The first-order chi connectivity index (χ1) is 17.0. The van der Waals surface area contributed by atoms with Gasteiger partial charge in [0.25, 0.3) is 5.91 Å². The van der Waals surface area contributed by atoms with E-state index < -0.39 is 6.04 Å². The van der Waals surface area contributed by atoms with E-state index in [1.54, 1.807) is 18.2 Å². The predicted octanol–water partition coefficient (Wildman–Crippen LogP) is 6.05. The molecule has 5 rings (SSSR count). The van der Waals surface area contributed by atoms with Crippen LogP contribution in [0.3, 0.4) is 0 Å². The molecule has 1 aliphatic heterocycles. The predicted molar refractivity (Wildman–Crippen MR) is 136 cm³/mol. The molecule has 1 atom stereocenters. The average molecular weight is 486 g/mol. The third kappa shape index (κ3) is 4.17. The highest BCUT2D eigenvalue weighted by atomic mass is 35.5. The summed E-state index contributed by atoms with van der Waals surface area (Å²) in [5.74, 6) is 0.613. The molecule has 3 aromatic carbocycles. The zero-order valence-corrected chi connectivity index (χ0v) is 19.9. The molecule has 2 N–H and O–H groups in total. The fourth-order valence-corrected chi connectivity index (χ4v) is 4.61. The van der Waals surface area contributed by atoms with Crippen molar-refractivity contribution in [3.05, 3.63) is 112 Å². The molecule has 0 bridgehead atoms. The minimum Gasteiger partial charge on any atom is -0.507 e. The zero-order chi connectivity index (χ0) is 24.5. The number of nitrogens with one attached hydrogen (secondary N) is 1. The second-order valence-electron chi connectivity index (χ2n) is 8.47. The first-order valence-electron chi connectivity index (χ1n) is 11.2. The van der Waals surface area contributed by atoms with Gasteiger partial charge >= 0.3 is 0 Å². The number of hydrogen-bond acceptors (Lipinski definition) is 4. The van der Waals surface area contributed by atoms with Gasteiger partial charge in [0.05, 0.1) is 6.04 Å². The van der Waals surface area contributed by atoms with Gasteiger partial charge < -0.3 is 14.7 Å². The van der Waals surface area contributed by atoms with Crippen LogP contribution in [-0.2, 0) is 6.54 Å². The minimum absolute atomic E-state index is 0.0575. The number of hydrogen-bond donors (Lipinski definition) is 2. The average Bonchev–Trinajstić information content (AvgIpc) is 3.40. The second kappa shape index (κ2) is 9.31. The molecule has 1 aromatic heterocycles. The standard InChI is InChI=1S/C28H24ClN3O3/c1-3-13-35-20-11-9-19(10-12-20)27-24-25(21-15-22(29)17(2)14-23(21)33)30-31-26(24)28(34)32(27)16-18-7-5-4-6-8-18/h3-12,14-15,27,33H,1,13,16H2,2H3,(H,30,31). The number of carbonyl (C=O) groups excluding carboxylic acids is 1. The first-order valence-corrected chi connectivity index (χ1v) is 11.6. The largest absolute Gasteiger partial charge is 0.507 e. The van der Waals surface area contributed by atoms with Gasteiger partial charge in [-0.3, -0.25) is 9.89 Å². The molecule has 1 amide bonds. The maximum absolute atomic E-state index is 13.6. The van der Waals surface area contributed by atoms with Gasteiger partial charge in [-0.05, 0) is 47.9 Å². The summed E-state index contributed by atoms with van der Waals surface area (Å²) in [6, 6.07) is 20.4. The number of fused-ring (bicyclic) bond motifs is 1. The van der Waals surface area contributed by atoms with Crippen LogP contribution in [0.5, 0.6) is 11.5 Å². The lowest BCUT2D eigenvalue weighted by molar-refractivity contribution is 0.0730. The van der Waals surface area contributed by atoms with Crippen LogP contribution in [-0.4, -0.2) is 32.7 Å². The number of ether oxygens (including phenoxy) is 1. The molecule has 0 radical (unpaired) electrons. The Kier molecular flexibility index (Phi) is 6.05. The summed E-state index contributed by atoms with van der Waals surface area (Å²) < 4.78 is 5.64. The van der Waals surface area contributed by atoms with Crippen molar-refractivity contribution in [3.8, 4) is 22.8 Å². The number of amides is 1. The van der Waals surface area contributed by atoms with E-state index in [2.05, 4.69) is 16.8 Å². The van der Waals surface area contributed by atoms with Crippen LogP contribution >= 0.6 is 11.6 Å². The molecule has 0 saturated heterocycles. The molecule has 0 saturated carbocycles. The molecule has 4 aromatic rings. The highest BCUT2D eigenvalue weighted by molar-refractivity contribution is 6.31. The quantitative estimate of drug-likeness (QED) is 0.312. The second-order valence-corrected chi connectivity index (χ2v) is 8.88. The van der Waals surface area contributed by atoms with E-state index >= 15 is 0 Å². The van der Waals surface area contributed by atoms with E-state index in [9.17, 15) is 9.90 Å². The van der Waals surface area contributed by atoms with E-state index in [0.717, 1.165) is 16.7 Å². The number of aromatic hydroxyl groups is 1. The fourth-order valence-electron chi connectivity index (χ4n) is 4.45. The Morgan fingerprint density at radius 2 is 1.91 bits per heavy atom. The Bertz CT molecular complexity index is 1400. The highest BCUT2D eigenvalue weighted by Gasteiger charge is 2.42. The maximum atomic E-state index is 13.6. The van der Waals surface area contributed by atoms with Gasteiger partial charge in [-0.25, -0.2) is 0 Å². The van der Waals surface area contributed by atoms with Gasteiger partial charge in [0.2, 0.25) is 0 Å². The van der Waals surface area contributed by atoms with Gasteiger partial charge in [0, 0.05) is 22.7 Å². The van der Waals surface area contributed by atoms with Gasteiger partial charge in [-0.1, -0.05) is 66.7 Å². The number of aryl methyl sites for hydroxylation is 1. The van der Waals surface area contributed by atoms with Crippen LogP contribution in [0.1, 0.15) is 38.8 Å². The van der Waals surface area contributed by atoms with Crippen molar-refractivity contribution in [1.29, 1.82) is 0 Å². The van der Waals surface area contributed by atoms with Crippen molar-refractivity contribution < 1.29 is 14.6 Å². The van der Waals surface area contributed by atoms with Crippen LogP contribution in [0.2, 0.25) is 5.02 Å².